The Morgan fingerprint density at radius 1 is 1.58 bits per heavy atom. The summed E-state index contributed by atoms with van der Waals surface area (Å²) < 4.78 is 25.0. The molecule has 0 bridgehead atoms. The Kier molecular flexibility index (Phi) is 5.47. The second-order valence-electron chi connectivity index (χ2n) is 3.95. The molecule has 0 aromatic carbocycles. The minimum Gasteiger partial charge on any atom is -0.340 e. The van der Waals surface area contributed by atoms with Crippen LogP contribution in [0.3, 0.4) is 0 Å². The predicted molar refractivity (Wildman–Crippen MR) is 79.6 cm³/mol. The average Bonchev–Trinajstić information content (AvgIpc) is 2.80. The van der Waals surface area contributed by atoms with Crippen LogP contribution >= 0.6 is 23.1 Å². The van der Waals surface area contributed by atoms with Crippen molar-refractivity contribution in [3.05, 3.63) is 10.9 Å². The van der Waals surface area contributed by atoms with Crippen LogP contribution in [0.4, 0.5) is 0 Å². The van der Waals surface area contributed by atoms with Gasteiger partial charge in [-0.2, -0.15) is 0 Å². The minimum absolute atomic E-state index is 0.123. The molecular formula is C12H15NO3S3. The normalized spacial score (nSPS) is 11.3. The van der Waals surface area contributed by atoms with Crippen molar-refractivity contribution in [1.82, 2.24) is 5.32 Å². The molecule has 0 fully saturated rings. The van der Waals surface area contributed by atoms with E-state index in [1.807, 2.05) is 0 Å². The lowest BCUT2D eigenvalue weighted by atomic mass is 10.4. The van der Waals surface area contributed by atoms with Crippen molar-refractivity contribution < 1.29 is 13.2 Å². The molecule has 0 spiro atoms. The molecule has 0 saturated carbocycles. The zero-order valence-electron chi connectivity index (χ0n) is 10.9. The quantitative estimate of drug-likeness (QED) is 0.666. The van der Waals surface area contributed by atoms with Crippen molar-refractivity contribution in [1.29, 1.82) is 0 Å². The summed E-state index contributed by atoms with van der Waals surface area (Å²) in [5.41, 5.74) is 0. The summed E-state index contributed by atoms with van der Waals surface area (Å²) >= 11 is 2.49. The van der Waals surface area contributed by atoms with Gasteiger partial charge in [0.15, 0.2) is 9.84 Å². The van der Waals surface area contributed by atoms with Crippen LogP contribution in [0.1, 0.15) is 23.5 Å². The Balaban J connectivity index is 3.20. The van der Waals surface area contributed by atoms with E-state index in [4.69, 9.17) is 6.42 Å². The second-order valence-corrected chi connectivity index (χ2v) is 8.55. The maximum absolute atomic E-state index is 12.2. The van der Waals surface area contributed by atoms with E-state index in [0.717, 1.165) is 0 Å². The van der Waals surface area contributed by atoms with Crippen molar-refractivity contribution in [2.75, 3.05) is 12.8 Å². The number of hydrogen-bond acceptors (Lipinski definition) is 5. The molecule has 0 saturated heterocycles. The molecule has 0 aliphatic rings. The molecule has 1 aromatic rings. The van der Waals surface area contributed by atoms with Gasteiger partial charge in [-0.3, -0.25) is 4.79 Å². The van der Waals surface area contributed by atoms with Crippen molar-refractivity contribution in [2.24, 2.45) is 0 Å². The van der Waals surface area contributed by atoms with Gasteiger partial charge in [-0.05, 0) is 26.2 Å². The monoisotopic (exact) mass is 317 g/mol. The summed E-state index contributed by atoms with van der Waals surface area (Å²) in [4.78, 5) is 12.4. The zero-order valence-corrected chi connectivity index (χ0v) is 13.3. The number of thiophene rings is 1. The number of sulfone groups is 1. The lowest BCUT2D eigenvalue weighted by molar-refractivity contribution is 0.0962. The van der Waals surface area contributed by atoms with E-state index in [1.54, 1.807) is 20.1 Å². The summed E-state index contributed by atoms with van der Waals surface area (Å²) in [6, 6.07) is 1.43. The predicted octanol–water partition coefficient (Wildman–Crippen LogP) is 2.02. The number of terminal acetylenes is 1. The Bertz CT molecular complexity index is 609. The molecular weight excluding hydrogens is 302 g/mol. The minimum atomic E-state index is -3.38. The lowest BCUT2D eigenvalue weighted by Gasteiger charge is -2.06. The molecule has 19 heavy (non-hydrogen) atoms. The third-order valence-electron chi connectivity index (χ3n) is 2.35. The van der Waals surface area contributed by atoms with Gasteiger partial charge in [0.2, 0.25) is 0 Å². The molecule has 104 valence electrons. The second kappa shape index (κ2) is 6.46. The van der Waals surface area contributed by atoms with Gasteiger partial charge in [0.25, 0.3) is 5.91 Å². The summed E-state index contributed by atoms with van der Waals surface area (Å²) in [5, 5.41) is 2.01. The van der Waals surface area contributed by atoms with Gasteiger partial charge in [-0.15, -0.1) is 29.5 Å². The number of nitrogens with one attached hydrogen (secondary N) is 1. The first-order chi connectivity index (χ1) is 8.84. The first-order valence-electron chi connectivity index (χ1n) is 5.48. The highest BCUT2D eigenvalue weighted by Crippen LogP contribution is 2.35. The Morgan fingerprint density at radius 2 is 2.21 bits per heavy atom. The van der Waals surface area contributed by atoms with Crippen molar-refractivity contribution in [2.45, 2.75) is 28.2 Å². The maximum atomic E-state index is 12.2. The zero-order chi connectivity index (χ0) is 14.6. The number of carbonyl (C=O) groups excluding carboxylic acids is 1. The fourth-order valence-corrected chi connectivity index (χ4v) is 5.01. The van der Waals surface area contributed by atoms with Crippen molar-refractivity contribution in [3.8, 4) is 12.3 Å². The highest BCUT2D eigenvalue weighted by Gasteiger charge is 2.26. The molecule has 0 atom stereocenters. The van der Waals surface area contributed by atoms with Crippen molar-refractivity contribution >= 4 is 38.8 Å². The van der Waals surface area contributed by atoms with Gasteiger partial charge in [-0.1, -0.05) is 5.92 Å². The first kappa shape index (κ1) is 16.1. The average molecular weight is 317 g/mol. The molecule has 1 rings (SSSR count). The van der Waals surface area contributed by atoms with Crippen LogP contribution in [0.2, 0.25) is 0 Å². The Hall–Kier alpha value is -0.970. The first-order valence-corrected chi connectivity index (χ1v) is 9.06. The molecule has 0 aliphatic carbocycles. The molecule has 1 aromatic heterocycles. The van der Waals surface area contributed by atoms with E-state index < -0.39 is 15.1 Å². The molecule has 1 N–H and O–H groups in total. The lowest BCUT2D eigenvalue weighted by Crippen LogP contribution is -2.22. The number of rotatable bonds is 5. The Labute approximate surface area is 121 Å². The van der Waals surface area contributed by atoms with E-state index >= 15 is 0 Å². The van der Waals surface area contributed by atoms with Crippen LogP contribution in [0.25, 0.3) is 0 Å². The van der Waals surface area contributed by atoms with Crippen LogP contribution in [-0.2, 0) is 9.84 Å². The van der Waals surface area contributed by atoms with Crippen LogP contribution in [-0.4, -0.2) is 32.4 Å². The standard InChI is InChI=1S/C12H15NO3S3/c1-5-6-13-11(14)9-7-10(12(17-4)18-9)19(15,16)8(2)3/h1,7-8H,6H2,2-4H3,(H,13,14). The maximum Gasteiger partial charge on any atom is 0.262 e. The molecule has 0 unspecified atom stereocenters. The molecule has 0 radical (unpaired) electrons. The van der Waals surface area contributed by atoms with E-state index in [2.05, 4.69) is 11.2 Å². The highest BCUT2D eigenvalue weighted by molar-refractivity contribution is 8.01. The fraction of sp³-hybridized carbons (Fsp3) is 0.417. The summed E-state index contributed by atoms with van der Waals surface area (Å²) in [5.74, 6) is 1.96. The summed E-state index contributed by atoms with van der Waals surface area (Å²) in [6.07, 6.45) is 6.85. The molecule has 1 heterocycles. The number of amides is 1. The van der Waals surface area contributed by atoms with E-state index in [1.165, 1.54) is 29.2 Å². The van der Waals surface area contributed by atoms with Crippen LogP contribution in [0.5, 0.6) is 0 Å². The topological polar surface area (TPSA) is 63.2 Å². The van der Waals surface area contributed by atoms with Crippen LogP contribution in [0.15, 0.2) is 15.2 Å². The highest BCUT2D eigenvalue weighted by atomic mass is 32.2. The molecule has 7 heteroatoms. The van der Waals surface area contributed by atoms with Gasteiger partial charge in [0.05, 0.1) is 25.8 Å². The third-order valence-corrected chi connectivity index (χ3v) is 7.06. The number of hydrogen-bond donors (Lipinski definition) is 1. The van der Waals surface area contributed by atoms with Gasteiger partial charge >= 0.3 is 0 Å². The molecule has 1 amide bonds. The SMILES string of the molecule is C#CCNC(=O)c1cc(S(=O)(=O)C(C)C)c(SC)s1. The van der Waals surface area contributed by atoms with Gasteiger partial charge < -0.3 is 5.32 Å². The molecule has 0 aliphatic heterocycles. The van der Waals surface area contributed by atoms with Gasteiger partial charge in [0, 0.05) is 0 Å². The fourth-order valence-electron chi connectivity index (χ4n) is 1.28. The molecule has 4 nitrogen and oxygen atoms in total. The van der Waals surface area contributed by atoms with Crippen LogP contribution in [0, 0.1) is 12.3 Å². The van der Waals surface area contributed by atoms with E-state index in [0.29, 0.717) is 9.09 Å². The number of carbonyl (C=O) groups is 1. The van der Waals surface area contributed by atoms with Crippen LogP contribution < -0.4 is 5.32 Å². The summed E-state index contributed by atoms with van der Waals surface area (Å²) in [7, 11) is -3.38. The van der Waals surface area contributed by atoms with Gasteiger partial charge in [0.1, 0.15) is 0 Å². The third kappa shape index (κ3) is 3.53. The number of thioether (sulfide) groups is 1. The largest absolute Gasteiger partial charge is 0.340 e. The van der Waals surface area contributed by atoms with E-state index in [-0.39, 0.29) is 17.3 Å². The van der Waals surface area contributed by atoms with Crippen molar-refractivity contribution in [3.63, 3.8) is 0 Å². The van der Waals surface area contributed by atoms with Gasteiger partial charge in [-0.25, -0.2) is 8.42 Å². The summed E-state index contributed by atoms with van der Waals surface area (Å²) in [6.45, 7) is 3.36. The Morgan fingerprint density at radius 3 is 2.68 bits per heavy atom. The smallest absolute Gasteiger partial charge is 0.262 e. The van der Waals surface area contributed by atoms with E-state index in [9.17, 15) is 13.2 Å².